The summed E-state index contributed by atoms with van der Waals surface area (Å²) in [6, 6.07) is 16.9. The summed E-state index contributed by atoms with van der Waals surface area (Å²) in [5.41, 5.74) is 1.82. The number of benzene rings is 2. The van der Waals surface area contributed by atoms with E-state index in [0.717, 1.165) is 11.3 Å². The summed E-state index contributed by atoms with van der Waals surface area (Å²) < 4.78 is 5.77. The average Bonchev–Trinajstić information content (AvgIpc) is 2.56. The third-order valence-corrected chi connectivity index (χ3v) is 3.87. The molecule has 0 bridgehead atoms. The molecule has 3 rings (SSSR count). The van der Waals surface area contributed by atoms with Gasteiger partial charge in [-0.05, 0) is 29.8 Å². The third kappa shape index (κ3) is 3.59. The Bertz CT molecular complexity index is 631. The molecule has 1 unspecified atom stereocenters. The lowest BCUT2D eigenvalue weighted by molar-refractivity contribution is -0.0135. The summed E-state index contributed by atoms with van der Waals surface area (Å²) in [7, 11) is 0. The number of nitrogens with one attached hydrogen (secondary N) is 1. The molecule has 1 saturated heterocycles. The first-order valence-corrected chi connectivity index (χ1v) is 7.58. The van der Waals surface area contributed by atoms with Crippen LogP contribution in [-0.2, 0) is 4.74 Å². The molecule has 0 saturated carbocycles. The molecule has 2 aromatic rings. The van der Waals surface area contributed by atoms with Gasteiger partial charge in [0, 0.05) is 17.3 Å². The SMILES string of the molecule is O=C(Nc1ccccc1)N1CCOC(c2ccc(Cl)cc2)C1. The van der Waals surface area contributed by atoms with Crippen molar-refractivity contribution in [2.75, 3.05) is 25.0 Å². The van der Waals surface area contributed by atoms with Crippen molar-refractivity contribution in [1.82, 2.24) is 4.90 Å². The van der Waals surface area contributed by atoms with E-state index in [0.29, 0.717) is 24.7 Å². The van der Waals surface area contributed by atoms with Crippen molar-refractivity contribution in [2.45, 2.75) is 6.10 Å². The van der Waals surface area contributed by atoms with Gasteiger partial charge < -0.3 is 15.0 Å². The second kappa shape index (κ2) is 6.81. The van der Waals surface area contributed by atoms with Crippen molar-refractivity contribution in [3.8, 4) is 0 Å². The largest absolute Gasteiger partial charge is 0.370 e. The van der Waals surface area contributed by atoms with Gasteiger partial charge in [-0.1, -0.05) is 41.9 Å². The number of morpholine rings is 1. The molecule has 114 valence electrons. The number of urea groups is 1. The van der Waals surface area contributed by atoms with Gasteiger partial charge in [0.2, 0.25) is 0 Å². The Labute approximate surface area is 134 Å². The van der Waals surface area contributed by atoms with Gasteiger partial charge in [-0.2, -0.15) is 0 Å². The van der Waals surface area contributed by atoms with E-state index in [2.05, 4.69) is 5.32 Å². The Balaban J connectivity index is 1.65. The number of carbonyl (C=O) groups is 1. The van der Waals surface area contributed by atoms with Crippen LogP contribution in [0.2, 0.25) is 5.02 Å². The van der Waals surface area contributed by atoms with Crippen molar-refractivity contribution in [2.24, 2.45) is 0 Å². The number of nitrogens with zero attached hydrogens (tertiary/aromatic N) is 1. The zero-order chi connectivity index (χ0) is 15.4. The average molecular weight is 317 g/mol. The van der Waals surface area contributed by atoms with Crippen LogP contribution in [0.5, 0.6) is 0 Å². The van der Waals surface area contributed by atoms with E-state index in [-0.39, 0.29) is 12.1 Å². The Morgan fingerprint density at radius 2 is 1.86 bits per heavy atom. The number of hydrogen-bond acceptors (Lipinski definition) is 2. The van der Waals surface area contributed by atoms with Crippen LogP contribution in [-0.4, -0.2) is 30.6 Å². The van der Waals surface area contributed by atoms with E-state index in [9.17, 15) is 4.79 Å². The minimum atomic E-state index is -0.118. The molecule has 1 N–H and O–H groups in total. The minimum absolute atomic E-state index is 0.103. The van der Waals surface area contributed by atoms with Crippen molar-refractivity contribution < 1.29 is 9.53 Å². The molecule has 4 nitrogen and oxygen atoms in total. The molecule has 0 aromatic heterocycles. The Morgan fingerprint density at radius 1 is 1.14 bits per heavy atom. The fourth-order valence-corrected chi connectivity index (χ4v) is 2.56. The fourth-order valence-electron chi connectivity index (χ4n) is 2.44. The fraction of sp³-hybridized carbons (Fsp3) is 0.235. The molecule has 0 radical (unpaired) electrons. The molecule has 1 heterocycles. The number of para-hydroxylation sites is 1. The van der Waals surface area contributed by atoms with Crippen LogP contribution >= 0.6 is 11.6 Å². The summed E-state index contributed by atoms with van der Waals surface area (Å²) in [5, 5.41) is 3.60. The zero-order valence-corrected chi connectivity index (χ0v) is 12.8. The molecule has 0 spiro atoms. The van der Waals surface area contributed by atoms with Gasteiger partial charge >= 0.3 is 6.03 Å². The van der Waals surface area contributed by atoms with Crippen LogP contribution in [0.15, 0.2) is 54.6 Å². The zero-order valence-electron chi connectivity index (χ0n) is 12.0. The van der Waals surface area contributed by atoms with Gasteiger partial charge in [0.25, 0.3) is 0 Å². The number of rotatable bonds is 2. The predicted octanol–water partition coefficient (Wildman–Crippen LogP) is 3.95. The molecule has 0 aliphatic carbocycles. The maximum atomic E-state index is 12.3. The summed E-state index contributed by atoms with van der Waals surface area (Å²) in [6.45, 7) is 1.64. The maximum Gasteiger partial charge on any atom is 0.322 e. The van der Waals surface area contributed by atoms with E-state index < -0.39 is 0 Å². The van der Waals surface area contributed by atoms with Crippen molar-refractivity contribution in [3.05, 3.63) is 65.2 Å². The quantitative estimate of drug-likeness (QED) is 0.911. The van der Waals surface area contributed by atoms with Crippen molar-refractivity contribution in [1.29, 1.82) is 0 Å². The molecule has 1 aliphatic heterocycles. The van der Waals surface area contributed by atoms with E-state index >= 15 is 0 Å². The molecule has 1 aliphatic rings. The van der Waals surface area contributed by atoms with Crippen molar-refractivity contribution >= 4 is 23.3 Å². The Morgan fingerprint density at radius 3 is 2.59 bits per heavy atom. The highest BCUT2D eigenvalue weighted by molar-refractivity contribution is 6.30. The number of ether oxygens (including phenoxy) is 1. The first-order chi connectivity index (χ1) is 10.7. The van der Waals surface area contributed by atoms with Crippen LogP contribution in [0.3, 0.4) is 0 Å². The lowest BCUT2D eigenvalue weighted by Gasteiger charge is -2.33. The second-order valence-electron chi connectivity index (χ2n) is 5.15. The second-order valence-corrected chi connectivity index (χ2v) is 5.59. The first-order valence-electron chi connectivity index (χ1n) is 7.20. The summed E-state index contributed by atoms with van der Waals surface area (Å²) in [4.78, 5) is 14.1. The van der Waals surface area contributed by atoms with E-state index in [1.165, 1.54) is 0 Å². The Hall–Kier alpha value is -2.04. The van der Waals surface area contributed by atoms with E-state index in [1.54, 1.807) is 4.90 Å². The van der Waals surface area contributed by atoms with Gasteiger partial charge in [0.05, 0.1) is 13.2 Å². The molecule has 1 fully saturated rings. The van der Waals surface area contributed by atoms with Gasteiger partial charge in [-0.25, -0.2) is 4.79 Å². The Kier molecular flexibility index (Phi) is 4.61. The maximum absolute atomic E-state index is 12.3. The van der Waals surface area contributed by atoms with Gasteiger partial charge in [-0.15, -0.1) is 0 Å². The number of hydrogen-bond donors (Lipinski definition) is 1. The highest BCUT2D eigenvalue weighted by Crippen LogP contribution is 2.24. The molecular weight excluding hydrogens is 300 g/mol. The summed E-state index contributed by atoms with van der Waals surface area (Å²) >= 11 is 5.90. The van der Waals surface area contributed by atoms with E-state index in [4.69, 9.17) is 16.3 Å². The summed E-state index contributed by atoms with van der Waals surface area (Å²) in [5.74, 6) is 0. The molecular formula is C17H17ClN2O2. The smallest absolute Gasteiger partial charge is 0.322 e. The molecule has 22 heavy (non-hydrogen) atoms. The van der Waals surface area contributed by atoms with Gasteiger partial charge in [-0.3, -0.25) is 0 Å². The van der Waals surface area contributed by atoms with Gasteiger partial charge in [0.15, 0.2) is 0 Å². The minimum Gasteiger partial charge on any atom is -0.370 e. The number of anilines is 1. The lowest BCUT2D eigenvalue weighted by Crippen LogP contribution is -2.44. The normalized spacial score (nSPS) is 18.0. The number of carbonyl (C=O) groups excluding carboxylic acids is 1. The highest BCUT2D eigenvalue weighted by Gasteiger charge is 2.25. The molecule has 5 heteroatoms. The lowest BCUT2D eigenvalue weighted by atomic mass is 10.1. The first kappa shape index (κ1) is 14.9. The van der Waals surface area contributed by atoms with Crippen LogP contribution in [0, 0.1) is 0 Å². The monoisotopic (exact) mass is 316 g/mol. The molecule has 2 amide bonds. The molecule has 1 atom stereocenters. The van der Waals surface area contributed by atoms with Gasteiger partial charge in [0.1, 0.15) is 6.10 Å². The van der Waals surface area contributed by atoms with Crippen LogP contribution < -0.4 is 5.32 Å². The molecule has 2 aromatic carbocycles. The highest BCUT2D eigenvalue weighted by atomic mass is 35.5. The van der Waals surface area contributed by atoms with E-state index in [1.807, 2.05) is 54.6 Å². The topological polar surface area (TPSA) is 41.6 Å². The van der Waals surface area contributed by atoms with Crippen LogP contribution in [0.4, 0.5) is 10.5 Å². The van der Waals surface area contributed by atoms with Crippen LogP contribution in [0.25, 0.3) is 0 Å². The predicted molar refractivity (Wildman–Crippen MR) is 87.2 cm³/mol. The standard InChI is InChI=1S/C17H17ClN2O2/c18-14-8-6-13(7-9-14)16-12-20(10-11-22-16)17(21)19-15-4-2-1-3-5-15/h1-9,16H,10-12H2,(H,19,21). The van der Waals surface area contributed by atoms with Crippen LogP contribution in [0.1, 0.15) is 11.7 Å². The number of amides is 2. The van der Waals surface area contributed by atoms with Crippen molar-refractivity contribution in [3.63, 3.8) is 0 Å². The number of halogens is 1. The third-order valence-electron chi connectivity index (χ3n) is 3.62. The summed E-state index contributed by atoms with van der Waals surface area (Å²) in [6.07, 6.45) is -0.118.